The summed E-state index contributed by atoms with van der Waals surface area (Å²) in [4.78, 5) is 1.89. The number of alkyl halides is 3. The van der Waals surface area contributed by atoms with Gasteiger partial charge in [0, 0.05) is 18.6 Å². The van der Waals surface area contributed by atoms with Crippen LogP contribution >= 0.6 is 0 Å². The smallest absolute Gasteiger partial charge is 0.382 e. The van der Waals surface area contributed by atoms with E-state index in [0.717, 1.165) is 25.7 Å². The number of benzene rings is 1. The molecule has 2 bridgehead atoms. The molecule has 0 amide bonds. The number of hydrogen-bond donors (Lipinski definition) is 1. The van der Waals surface area contributed by atoms with Gasteiger partial charge in [-0.1, -0.05) is 29.8 Å². The van der Waals surface area contributed by atoms with Crippen molar-refractivity contribution >= 4 is 0 Å². The highest BCUT2D eigenvalue weighted by Crippen LogP contribution is 2.43. The van der Waals surface area contributed by atoms with Crippen LogP contribution < -0.4 is 0 Å². The van der Waals surface area contributed by atoms with Gasteiger partial charge in [0.25, 0.3) is 0 Å². The van der Waals surface area contributed by atoms with Crippen molar-refractivity contribution in [1.29, 1.82) is 0 Å². The van der Waals surface area contributed by atoms with Crippen molar-refractivity contribution in [2.24, 2.45) is 0 Å². The molecular weight excluding hydrogens is 291 g/mol. The Kier molecular flexibility index (Phi) is 4.21. The first-order valence-electron chi connectivity index (χ1n) is 7.91. The first-order valence-corrected chi connectivity index (χ1v) is 7.91. The largest absolute Gasteiger partial charge is 0.415 e. The van der Waals surface area contributed by atoms with Crippen molar-refractivity contribution in [3.05, 3.63) is 35.4 Å². The molecule has 0 aliphatic carbocycles. The van der Waals surface area contributed by atoms with Gasteiger partial charge in [0.1, 0.15) is 0 Å². The number of halogens is 3. The van der Waals surface area contributed by atoms with Gasteiger partial charge in [-0.2, -0.15) is 13.2 Å². The fraction of sp³-hybridized carbons (Fsp3) is 0.647. The zero-order valence-electron chi connectivity index (χ0n) is 12.7. The van der Waals surface area contributed by atoms with Crippen molar-refractivity contribution in [1.82, 2.24) is 4.90 Å². The maximum atomic E-state index is 12.6. The molecule has 2 nitrogen and oxygen atoms in total. The predicted molar refractivity (Wildman–Crippen MR) is 78.7 cm³/mol. The minimum absolute atomic E-state index is 0.169. The van der Waals surface area contributed by atoms with Gasteiger partial charge < -0.3 is 5.11 Å². The van der Waals surface area contributed by atoms with Crippen LogP contribution in [0.15, 0.2) is 24.3 Å². The highest BCUT2D eigenvalue weighted by atomic mass is 19.4. The van der Waals surface area contributed by atoms with Crippen LogP contribution in [0.25, 0.3) is 0 Å². The fourth-order valence-corrected chi connectivity index (χ4v) is 3.99. The second kappa shape index (κ2) is 5.85. The third-order valence-corrected chi connectivity index (χ3v) is 5.19. The van der Waals surface area contributed by atoms with E-state index in [4.69, 9.17) is 0 Å². The molecule has 4 atom stereocenters. The molecule has 1 N–H and O–H groups in total. The van der Waals surface area contributed by atoms with Gasteiger partial charge in [-0.25, -0.2) is 0 Å². The second-order valence-electron chi connectivity index (χ2n) is 6.72. The van der Waals surface area contributed by atoms with Gasteiger partial charge in [0.15, 0.2) is 6.10 Å². The molecule has 122 valence electrons. The summed E-state index contributed by atoms with van der Waals surface area (Å²) in [6.07, 6.45) is -3.08. The summed E-state index contributed by atoms with van der Waals surface area (Å²) >= 11 is 0. The van der Waals surface area contributed by atoms with E-state index in [1.165, 1.54) is 11.1 Å². The average molecular weight is 313 g/mol. The molecule has 2 heterocycles. The van der Waals surface area contributed by atoms with Crippen LogP contribution in [0.4, 0.5) is 13.2 Å². The standard InChI is InChI=1S/C17H22F3NO/c1-11-2-4-12(5-3-11)13-8-14-6-7-15(9-13)21(14)10-16(22)17(18,19)20/h2-5,13-16,22H,6-10H2,1H3/t13?,14-,15?,16?/m0/s1. The van der Waals surface area contributed by atoms with Crippen LogP contribution in [0.3, 0.4) is 0 Å². The first kappa shape index (κ1) is 15.8. The first-order chi connectivity index (χ1) is 10.3. The lowest BCUT2D eigenvalue weighted by Crippen LogP contribution is -2.49. The van der Waals surface area contributed by atoms with Crippen LogP contribution in [0, 0.1) is 6.92 Å². The lowest BCUT2D eigenvalue weighted by molar-refractivity contribution is -0.210. The summed E-state index contributed by atoms with van der Waals surface area (Å²) in [5.41, 5.74) is 2.51. The molecule has 5 heteroatoms. The molecule has 2 fully saturated rings. The van der Waals surface area contributed by atoms with Crippen LogP contribution in [0.5, 0.6) is 0 Å². The van der Waals surface area contributed by atoms with Crippen molar-refractivity contribution in [2.45, 2.75) is 62.9 Å². The minimum Gasteiger partial charge on any atom is -0.382 e. The monoisotopic (exact) mass is 313 g/mol. The molecule has 3 unspecified atom stereocenters. The van der Waals surface area contributed by atoms with Crippen LogP contribution in [-0.2, 0) is 0 Å². The van der Waals surface area contributed by atoms with E-state index < -0.39 is 12.3 Å². The van der Waals surface area contributed by atoms with Gasteiger partial charge >= 0.3 is 6.18 Å². The SMILES string of the molecule is Cc1ccc(C2CC3CC[C@@H](C2)N3CC(O)C(F)(F)F)cc1. The highest BCUT2D eigenvalue weighted by Gasteiger charge is 2.46. The Labute approximate surface area is 128 Å². The minimum atomic E-state index is -4.52. The zero-order valence-corrected chi connectivity index (χ0v) is 12.7. The second-order valence-corrected chi connectivity index (χ2v) is 6.72. The molecule has 1 aromatic rings. The van der Waals surface area contributed by atoms with Gasteiger partial charge in [-0.05, 0) is 44.1 Å². The Morgan fingerprint density at radius 1 is 1.14 bits per heavy atom. The van der Waals surface area contributed by atoms with E-state index in [0.29, 0.717) is 5.92 Å². The van der Waals surface area contributed by atoms with Crippen molar-refractivity contribution in [3.63, 3.8) is 0 Å². The summed E-state index contributed by atoms with van der Waals surface area (Å²) in [5, 5.41) is 9.35. The molecule has 22 heavy (non-hydrogen) atoms. The maximum Gasteiger partial charge on any atom is 0.415 e. The van der Waals surface area contributed by atoms with E-state index in [2.05, 4.69) is 31.2 Å². The van der Waals surface area contributed by atoms with E-state index in [1.807, 2.05) is 4.90 Å². The maximum absolute atomic E-state index is 12.6. The number of aliphatic hydroxyl groups excluding tert-OH is 1. The van der Waals surface area contributed by atoms with Gasteiger partial charge in [0.05, 0.1) is 0 Å². The number of hydrogen-bond acceptors (Lipinski definition) is 2. The number of aryl methyl sites for hydroxylation is 1. The molecule has 0 spiro atoms. The lowest BCUT2D eigenvalue weighted by Gasteiger charge is -2.40. The predicted octanol–water partition coefficient (Wildman–Crippen LogP) is 3.63. The number of fused-ring (bicyclic) bond motifs is 2. The summed E-state index contributed by atoms with van der Waals surface area (Å²) in [7, 11) is 0. The number of nitrogens with zero attached hydrogens (tertiary/aromatic N) is 1. The Morgan fingerprint density at radius 2 is 1.68 bits per heavy atom. The summed E-state index contributed by atoms with van der Waals surface area (Å²) in [6.45, 7) is 1.77. The molecule has 0 radical (unpaired) electrons. The van der Waals surface area contributed by atoms with Crippen LogP contribution in [-0.4, -0.2) is 40.9 Å². The highest BCUT2D eigenvalue weighted by molar-refractivity contribution is 5.26. The number of piperidine rings is 1. The topological polar surface area (TPSA) is 23.5 Å². The quantitative estimate of drug-likeness (QED) is 0.921. The lowest BCUT2D eigenvalue weighted by atomic mass is 9.84. The van der Waals surface area contributed by atoms with Gasteiger partial charge in [0.2, 0.25) is 0 Å². The van der Waals surface area contributed by atoms with E-state index in [9.17, 15) is 18.3 Å². The Balaban J connectivity index is 1.67. The zero-order chi connectivity index (χ0) is 15.9. The number of aliphatic hydroxyl groups is 1. The summed E-state index contributed by atoms with van der Waals surface area (Å²) in [5.74, 6) is 0.428. The molecule has 0 saturated carbocycles. The van der Waals surface area contributed by atoms with E-state index in [-0.39, 0.29) is 18.6 Å². The molecule has 1 aromatic carbocycles. The summed E-state index contributed by atoms with van der Waals surface area (Å²) < 4.78 is 37.7. The van der Waals surface area contributed by atoms with Crippen molar-refractivity contribution in [2.75, 3.05) is 6.54 Å². The van der Waals surface area contributed by atoms with Crippen LogP contribution in [0.2, 0.25) is 0 Å². The Morgan fingerprint density at radius 3 is 2.18 bits per heavy atom. The molecule has 2 aliphatic rings. The van der Waals surface area contributed by atoms with Crippen molar-refractivity contribution in [3.8, 4) is 0 Å². The molecule has 2 aliphatic heterocycles. The fourth-order valence-electron chi connectivity index (χ4n) is 3.99. The number of rotatable bonds is 3. The third kappa shape index (κ3) is 3.15. The normalized spacial score (nSPS) is 30.5. The molecule has 2 saturated heterocycles. The van der Waals surface area contributed by atoms with E-state index >= 15 is 0 Å². The van der Waals surface area contributed by atoms with Gasteiger partial charge in [-0.3, -0.25) is 4.90 Å². The Hall–Kier alpha value is -1.07. The molecular formula is C17H22F3NO. The molecule has 3 rings (SSSR count). The van der Waals surface area contributed by atoms with E-state index in [1.54, 1.807) is 0 Å². The Bertz CT molecular complexity index is 500. The van der Waals surface area contributed by atoms with Gasteiger partial charge in [-0.15, -0.1) is 0 Å². The van der Waals surface area contributed by atoms with Crippen LogP contribution in [0.1, 0.15) is 42.7 Å². The summed E-state index contributed by atoms with van der Waals surface area (Å²) in [6, 6.07) is 8.80. The average Bonchev–Trinajstić information content (AvgIpc) is 2.69. The van der Waals surface area contributed by atoms with Crippen molar-refractivity contribution < 1.29 is 18.3 Å². The molecule has 0 aromatic heterocycles. The third-order valence-electron chi connectivity index (χ3n) is 5.19.